The van der Waals surface area contributed by atoms with Crippen LogP contribution in [0.4, 0.5) is 0 Å². The molecular formula is C14H18N4OS. The van der Waals surface area contributed by atoms with Crippen LogP contribution in [-0.2, 0) is 0 Å². The van der Waals surface area contributed by atoms with E-state index in [-0.39, 0.29) is 5.91 Å². The first kappa shape index (κ1) is 12.3. The number of amides is 1. The molecule has 1 N–H and O–H groups in total. The van der Waals surface area contributed by atoms with Crippen molar-refractivity contribution in [2.24, 2.45) is 0 Å². The van der Waals surface area contributed by atoms with Crippen LogP contribution in [0.25, 0.3) is 4.96 Å². The number of imidazole rings is 1. The van der Waals surface area contributed by atoms with Crippen LogP contribution in [0.1, 0.15) is 35.4 Å². The minimum atomic E-state index is 0.157. The molecule has 6 heteroatoms. The summed E-state index contributed by atoms with van der Waals surface area (Å²) in [6.07, 6.45) is 5.27. The maximum atomic E-state index is 13.0. The van der Waals surface area contributed by atoms with Gasteiger partial charge in [-0.2, -0.15) is 0 Å². The molecule has 2 saturated heterocycles. The van der Waals surface area contributed by atoms with Gasteiger partial charge in [0.1, 0.15) is 5.69 Å². The fourth-order valence-corrected chi connectivity index (χ4v) is 4.35. The fourth-order valence-electron chi connectivity index (χ4n) is 3.59. The zero-order valence-electron chi connectivity index (χ0n) is 11.5. The molecule has 2 aliphatic heterocycles. The maximum Gasteiger partial charge on any atom is 0.273 e. The van der Waals surface area contributed by atoms with E-state index in [1.807, 2.05) is 22.9 Å². The molecule has 20 heavy (non-hydrogen) atoms. The number of fused-ring (bicyclic) bond motifs is 3. The fraction of sp³-hybridized carbons (Fsp3) is 0.571. The quantitative estimate of drug-likeness (QED) is 0.869. The van der Waals surface area contributed by atoms with Crippen molar-refractivity contribution in [1.29, 1.82) is 0 Å². The zero-order valence-corrected chi connectivity index (χ0v) is 12.3. The van der Waals surface area contributed by atoms with Crippen LogP contribution in [0.3, 0.4) is 0 Å². The van der Waals surface area contributed by atoms with Gasteiger partial charge in [0.2, 0.25) is 0 Å². The summed E-state index contributed by atoms with van der Waals surface area (Å²) in [4.78, 5) is 20.6. The molecule has 5 nitrogen and oxygen atoms in total. The summed E-state index contributed by atoms with van der Waals surface area (Å²) in [5, 5.41) is 5.42. The molecular weight excluding hydrogens is 272 g/mol. The lowest BCUT2D eigenvalue weighted by atomic mass is 10.1. The number of hydrogen-bond acceptors (Lipinski definition) is 4. The second-order valence-electron chi connectivity index (χ2n) is 5.69. The van der Waals surface area contributed by atoms with E-state index in [9.17, 15) is 4.79 Å². The Balaban J connectivity index is 1.76. The Morgan fingerprint density at radius 3 is 3.15 bits per heavy atom. The highest BCUT2D eigenvalue weighted by atomic mass is 32.1. The largest absolute Gasteiger partial charge is 0.330 e. The summed E-state index contributed by atoms with van der Waals surface area (Å²) < 4.78 is 1.94. The SMILES string of the molecule is Cc1nc2sccn2c1C(=O)N1[C@H]2CCNC[C@@H]1CC2. The number of rotatable bonds is 1. The van der Waals surface area contributed by atoms with Gasteiger partial charge in [0.15, 0.2) is 4.96 Å². The number of thiazole rings is 1. The number of nitrogens with one attached hydrogen (secondary N) is 1. The van der Waals surface area contributed by atoms with Gasteiger partial charge in [-0.3, -0.25) is 9.20 Å². The van der Waals surface area contributed by atoms with Crippen LogP contribution in [0.15, 0.2) is 11.6 Å². The smallest absolute Gasteiger partial charge is 0.273 e. The highest BCUT2D eigenvalue weighted by Crippen LogP contribution is 2.30. The highest BCUT2D eigenvalue weighted by molar-refractivity contribution is 7.15. The van der Waals surface area contributed by atoms with E-state index in [2.05, 4.69) is 15.2 Å². The molecule has 0 aromatic carbocycles. The number of aromatic nitrogens is 2. The molecule has 2 bridgehead atoms. The average Bonchev–Trinajstić information content (AvgIpc) is 3.00. The molecule has 2 atom stereocenters. The minimum Gasteiger partial charge on any atom is -0.330 e. The first-order valence-electron chi connectivity index (χ1n) is 7.21. The van der Waals surface area contributed by atoms with Gasteiger partial charge in [0, 0.05) is 30.2 Å². The summed E-state index contributed by atoms with van der Waals surface area (Å²) >= 11 is 1.58. The van der Waals surface area contributed by atoms with Crippen molar-refractivity contribution >= 4 is 22.2 Å². The molecule has 0 unspecified atom stereocenters. The Morgan fingerprint density at radius 2 is 2.25 bits per heavy atom. The van der Waals surface area contributed by atoms with Crippen molar-refractivity contribution in [3.8, 4) is 0 Å². The third-order valence-electron chi connectivity index (χ3n) is 4.53. The Bertz CT molecular complexity index is 647. The standard InChI is InChI=1S/C14H18N4OS/c1-9-12(17-6-7-20-14(17)16-9)13(19)18-10-2-3-11(18)8-15-5-4-10/h6-7,10-11,15H,2-5,8H2,1H3/t10-,11+/m1/s1. The molecule has 0 saturated carbocycles. The summed E-state index contributed by atoms with van der Waals surface area (Å²) in [5.74, 6) is 0.157. The molecule has 106 valence electrons. The van der Waals surface area contributed by atoms with Crippen molar-refractivity contribution in [3.05, 3.63) is 23.0 Å². The normalized spacial score (nSPS) is 26.1. The van der Waals surface area contributed by atoms with Crippen LogP contribution in [-0.4, -0.2) is 45.4 Å². The molecule has 0 aliphatic carbocycles. The molecule has 4 heterocycles. The first-order chi connectivity index (χ1) is 9.75. The monoisotopic (exact) mass is 290 g/mol. The number of carbonyl (C=O) groups is 1. The van der Waals surface area contributed by atoms with E-state index in [0.29, 0.717) is 12.1 Å². The van der Waals surface area contributed by atoms with Gasteiger partial charge < -0.3 is 10.2 Å². The van der Waals surface area contributed by atoms with Gasteiger partial charge in [-0.1, -0.05) is 0 Å². The summed E-state index contributed by atoms with van der Waals surface area (Å²) in [5.41, 5.74) is 1.60. The summed E-state index contributed by atoms with van der Waals surface area (Å²) in [6.45, 7) is 3.88. The number of hydrogen-bond donors (Lipinski definition) is 1. The van der Waals surface area contributed by atoms with Crippen molar-refractivity contribution in [2.75, 3.05) is 13.1 Å². The zero-order chi connectivity index (χ0) is 13.7. The lowest BCUT2D eigenvalue weighted by Gasteiger charge is -2.27. The molecule has 0 spiro atoms. The number of carbonyl (C=O) groups excluding carboxylic acids is 1. The highest BCUT2D eigenvalue weighted by Gasteiger charge is 2.39. The van der Waals surface area contributed by atoms with Crippen LogP contribution in [0, 0.1) is 6.92 Å². The molecule has 2 aliphatic rings. The Hall–Kier alpha value is -1.40. The van der Waals surface area contributed by atoms with Gasteiger partial charge in [0.25, 0.3) is 5.91 Å². The average molecular weight is 290 g/mol. The molecule has 2 aromatic rings. The third-order valence-corrected chi connectivity index (χ3v) is 5.28. The van der Waals surface area contributed by atoms with Gasteiger partial charge in [-0.25, -0.2) is 4.98 Å². The van der Waals surface area contributed by atoms with E-state index >= 15 is 0 Å². The minimum absolute atomic E-state index is 0.157. The predicted molar refractivity (Wildman–Crippen MR) is 78.3 cm³/mol. The molecule has 4 rings (SSSR count). The predicted octanol–water partition coefficient (Wildman–Crippen LogP) is 1.67. The van der Waals surface area contributed by atoms with E-state index in [1.54, 1.807) is 11.3 Å². The first-order valence-corrected chi connectivity index (χ1v) is 8.09. The molecule has 0 radical (unpaired) electrons. The summed E-state index contributed by atoms with van der Waals surface area (Å²) in [7, 11) is 0. The van der Waals surface area contributed by atoms with Crippen LogP contribution in [0.5, 0.6) is 0 Å². The van der Waals surface area contributed by atoms with Gasteiger partial charge >= 0.3 is 0 Å². The second-order valence-corrected chi connectivity index (χ2v) is 6.56. The Labute approximate surface area is 121 Å². The molecule has 1 amide bonds. The van der Waals surface area contributed by atoms with Gasteiger partial charge in [0.05, 0.1) is 5.69 Å². The van der Waals surface area contributed by atoms with E-state index in [1.165, 1.54) is 0 Å². The van der Waals surface area contributed by atoms with E-state index in [0.717, 1.165) is 48.7 Å². The number of aryl methyl sites for hydroxylation is 1. The number of nitrogens with zero attached hydrogens (tertiary/aromatic N) is 3. The van der Waals surface area contributed by atoms with Crippen molar-refractivity contribution < 1.29 is 4.79 Å². The van der Waals surface area contributed by atoms with E-state index in [4.69, 9.17) is 0 Å². The van der Waals surface area contributed by atoms with Gasteiger partial charge in [-0.15, -0.1) is 11.3 Å². The van der Waals surface area contributed by atoms with Crippen molar-refractivity contribution in [1.82, 2.24) is 19.6 Å². The topological polar surface area (TPSA) is 49.6 Å². The second kappa shape index (κ2) is 4.56. The summed E-state index contributed by atoms with van der Waals surface area (Å²) in [6, 6.07) is 0.740. The lowest BCUT2D eigenvalue weighted by molar-refractivity contribution is 0.0672. The molecule has 2 fully saturated rings. The third kappa shape index (κ3) is 1.71. The maximum absolute atomic E-state index is 13.0. The lowest BCUT2D eigenvalue weighted by Crippen LogP contribution is -2.43. The van der Waals surface area contributed by atoms with Gasteiger partial charge in [-0.05, 0) is 32.7 Å². The Morgan fingerprint density at radius 1 is 1.40 bits per heavy atom. The van der Waals surface area contributed by atoms with Crippen LogP contribution in [0.2, 0.25) is 0 Å². The van der Waals surface area contributed by atoms with Crippen molar-refractivity contribution in [3.63, 3.8) is 0 Å². The Kier molecular flexibility index (Phi) is 2.82. The van der Waals surface area contributed by atoms with Crippen molar-refractivity contribution in [2.45, 2.75) is 38.3 Å². The van der Waals surface area contributed by atoms with Crippen LogP contribution < -0.4 is 5.32 Å². The van der Waals surface area contributed by atoms with E-state index < -0.39 is 0 Å². The molecule has 2 aromatic heterocycles. The van der Waals surface area contributed by atoms with Crippen LogP contribution >= 0.6 is 11.3 Å².